The van der Waals surface area contributed by atoms with Crippen LogP contribution < -0.4 is 0 Å². The third kappa shape index (κ3) is 3.59. The molecule has 1 fully saturated rings. The lowest BCUT2D eigenvalue weighted by Crippen LogP contribution is -2.41. The second-order valence-electron chi connectivity index (χ2n) is 3.85. The van der Waals surface area contributed by atoms with Crippen LogP contribution in [0.15, 0.2) is 0 Å². The van der Waals surface area contributed by atoms with Crippen LogP contribution in [0.2, 0.25) is 0 Å². The Labute approximate surface area is 85.2 Å². The number of rotatable bonds is 3. The first-order chi connectivity index (χ1) is 6.83. The maximum atomic E-state index is 12.5. The normalized spacial score (nSPS) is 20.6. The van der Waals surface area contributed by atoms with Gasteiger partial charge in [0, 0.05) is 13.0 Å². The van der Waals surface area contributed by atoms with Crippen molar-refractivity contribution in [3.8, 4) is 0 Å². The summed E-state index contributed by atoms with van der Waals surface area (Å²) in [4.78, 5) is 1.67. The molecule has 90 valence electrons. The first-order valence-electron chi connectivity index (χ1n) is 5.00. The maximum Gasteiger partial charge on any atom is 0.453 e. The summed E-state index contributed by atoms with van der Waals surface area (Å²) in [7, 11) is 0. The molecule has 6 heteroatoms. The number of nitrogens with zero attached hydrogens (tertiary/aromatic N) is 1. The van der Waals surface area contributed by atoms with E-state index in [4.69, 9.17) is 0 Å². The average Bonchev–Trinajstić information content (AvgIpc) is 2.15. The highest BCUT2D eigenvalue weighted by molar-refractivity contribution is 4.78. The highest BCUT2D eigenvalue weighted by atomic mass is 19.4. The zero-order chi connectivity index (χ0) is 11.5. The summed E-state index contributed by atoms with van der Waals surface area (Å²) in [5.41, 5.74) is 0. The molecule has 0 saturated carbocycles. The summed E-state index contributed by atoms with van der Waals surface area (Å²) in [6.45, 7) is 1.09. The van der Waals surface area contributed by atoms with Crippen LogP contribution in [0.5, 0.6) is 0 Å². The van der Waals surface area contributed by atoms with Crippen molar-refractivity contribution < 1.29 is 22.0 Å². The van der Waals surface area contributed by atoms with Gasteiger partial charge in [0.1, 0.15) is 0 Å². The number of halogens is 5. The zero-order valence-corrected chi connectivity index (χ0v) is 8.29. The Hall–Kier alpha value is -0.390. The molecule has 1 saturated heterocycles. The van der Waals surface area contributed by atoms with E-state index in [1.54, 1.807) is 4.90 Å². The third-order valence-electron chi connectivity index (χ3n) is 2.61. The largest absolute Gasteiger partial charge is 0.453 e. The number of alkyl halides is 5. The molecule has 0 aliphatic carbocycles. The van der Waals surface area contributed by atoms with Crippen LogP contribution in [-0.2, 0) is 0 Å². The van der Waals surface area contributed by atoms with Crippen molar-refractivity contribution in [2.75, 3.05) is 19.6 Å². The molecule has 1 aliphatic rings. The van der Waals surface area contributed by atoms with Crippen molar-refractivity contribution in [1.29, 1.82) is 0 Å². The summed E-state index contributed by atoms with van der Waals surface area (Å²) in [6.07, 6.45) is -3.74. The van der Waals surface area contributed by atoms with E-state index in [9.17, 15) is 22.0 Å². The second kappa shape index (κ2) is 4.63. The highest BCUT2D eigenvalue weighted by Gasteiger charge is 2.56. The van der Waals surface area contributed by atoms with E-state index in [1.807, 2.05) is 0 Å². The second-order valence-corrected chi connectivity index (χ2v) is 3.85. The van der Waals surface area contributed by atoms with Gasteiger partial charge in [0.15, 0.2) is 0 Å². The molecule has 1 nitrogen and oxygen atoms in total. The van der Waals surface area contributed by atoms with Gasteiger partial charge in [-0.3, -0.25) is 0 Å². The summed E-state index contributed by atoms with van der Waals surface area (Å²) in [5, 5.41) is 0. The molecular formula is C9H14F5N. The van der Waals surface area contributed by atoms with Gasteiger partial charge >= 0.3 is 12.1 Å². The summed E-state index contributed by atoms with van der Waals surface area (Å²) >= 11 is 0. The molecular weight excluding hydrogens is 217 g/mol. The van der Waals surface area contributed by atoms with Gasteiger partial charge in [0.25, 0.3) is 0 Å². The van der Waals surface area contributed by atoms with Crippen molar-refractivity contribution in [2.24, 2.45) is 0 Å². The molecule has 0 atom stereocenters. The molecule has 0 unspecified atom stereocenters. The SMILES string of the molecule is FC(F)(F)C(F)(F)CCN1CCCCC1. The smallest absolute Gasteiger partial charge is 0.303 e. The van der Waals surface area contributed by atoms with Crippen molar-refractivity contribution in [3.63, 3.8) is 0 Å². The number of likely N-dealkylation sites (tertiary alicyclic amines) is 1. The molecule has 1 heterocycles. The molecule has 0 aromatic rings. The fraction of sp³-hybridized carbons (Fsp3) is 1.00. The van der Waals surface area contributed by atoms with Crippen molar-refractivity contribution >= 4 is 0 Å². The molecule has 0 aromatic carbocycles. The fourth-order valence-electron chi connectivity index (χ4n) is 1.62. The number of piperidine rings is 1. The third-order valence-corrected chi connectivity index (χ3v) is 2.61. The van der Waals surface area contributed by atoms with Gasteiger partial charge in [-0.2, -0.15) is 22.0 Å². The van der Waals surface area contributed by atoms with Crippen LogP contribution in [0, 0.1) is 0 Å². The molecule has 0 radical (unpaired) electrons. The summed E-state index contributed by atoms with van der Waals surface area (Å²) in [6, 6.07) is 0. The standard InChI is InChI=1S/C9H14F5N/c10-8(11,9(12,13)14)4-7-15-5-2-1-3-6-15/h1-7H2. The Morgan fingerprint density at radius 2 is 1.40 bits per heavy atom. The summed E-state index contributed by atoms with van der Waals surface area (Å²) in [5.74, 6) is -4.55. The predicted octanol–water partition coefficient (Wildman–Crippen LogP) is 3.06. The molecule has 0 amide bonds. The van der Waals surface area contributed by atoms with Crippen LogP contribution in [0.25, 0.3) is 0 Å². The van der Waals surface area contributed by atoms with Crippen LogP contribution >= 0.6 is 0 Å². The van der Waals surface area contributed by atoms with Crippen LogP contribution in [0.4, 0.5) is 22.0 Å². The first-order valence-corrected chi connectivity index (χ1v) is 5.00. The lowest BCUT2D eigenvalue weighted by Gasteiger charge is -2.28. The molecule has 1 rings (SSSR count). The van der Waals surface area contributed by atoms with Crippen molar-refractivity contribution in [1.82, 2.24) is 4.90 Å². The van der Waals surface area contributed by atoms with E-state index >= 15 is 0 Å². The van der Waals surface area contributed by atoms with Gasteiger partial charge in [-0.1, -0.05) is 6.42 Å². The van der Waals surface area contributed by atoms with Gasteiger partial charge < -0.3 is 4.90 Å². The molecule has 1 aliphatic heterocycles. The van der Waals surface area contributed by atoms with E-state index in [2.05, 4.69) is 0 Å². The van der Waals surface area contributed by atoms with E-state index in [-0.39, 0.29) is 6.54 Å². The minimum absolute atomic E-state index is 0.174. The molecule has 15 heavy (non-hydrogen) atoms. The van der Waals surface area contributed by atoms with Gasteiger partial charge in [0.05, 0.1) is 0 Å². The van der Waals surface area contributed by atoms with Crippen LogP contribution in [-0.4, -0.2) is 36.6 Å². The van der Waals surface area contributed by atoms with Gasteiger partial charge in [-0.05, 0) is 25.9 Å². The first kappa shape index (κ1) is 12.7. The lowest BCUT2D eigenvalue weighted by molar-refractivity contribution is -0.285. The molecule has 0 spiro atoms. The average molecular weight is 231 g/mol. The van der Waals surface area contributed by atoms with Gasteiger partial charge in [-0.25, -0.2) is 0 Å². The Morgan fingerprint density at radius 1 is 0.867 bits per heavy atom. The van der Waals surface area contributed by atoms with E-state index in [0.717, 1.165) is 19.3 Å². The Kier molecular flexibility index (Phi) is 3.92. The molecule has 0 bridgehead atoms. The predicted molar refractivity (Wildman–Crippen MR) is 45.9 cm³/mol. The minimum Gasteiger partial charge on any atom is -0.303 e. The van der Waals surface area contributed by atoms with Crippen LogP contribution in [0.3, 0.4) is 0 Å². The number of hydrogen-bond acceptors (Lipinski definition) is 1. The van der Waals surface area contributed by atoms with Crippen molar-refractivity contribution in [2.45, 2.75) is 37.8 Å². The Bertz CT molecular complexity index is 195. The van der Waals surface area contributed by atoms with E-state index in [1.165, 1.54) is 0 Å². The van der Waals surface area contributed by atoms with Gasteiger partial charge in [0.2, 0.25) is 0 Å². The fourth-order valence-corrected chi connectivity index (χ4v) is 1.62. The monoisotopic (exact) mass is 231 g/mol. The summed E-state index contributed by atoms with van der Waals surface area (Å²) < 4.78 is 60.5. The minimum atomic E-state index is -5.41. The van der Waals surface area contributed by atoms with Gasteiger partial charge in [-0.15, -0.1) is 0 Å². The Balaban J connectivity index is 2.35. The Morgan fingerprint density at radius 3 is 1.87 bits per heavy atom. The molecule has 0 N–H and O–H groups in total. The maximum absolute atomic E-state index is 12.5. The highest BCUT2D eigenvalue weighted by Crippen LogP contribution is 2.38. The lowest BCUT2D eigenvalue weighted by atomic mass is 10.1. The number of hydrogen-bond donors (Lipinski definition) is 0. The van der Waals surface area contributed by atoms with Crippen molar-refractivity contribution in [3.05, 3.63) is 0 Å². The quantitative estimate of drug-likeness (QED) is 0.675. The topological polar surface area (TPSA) is 3.24 Å². The molecule has 0 aromatic heterocycles. The van der Waals surface area contributed by atoms with Crippen LogP contribution in [0.1, 0.15) is 25.7 Å². The van der Waals surface area contributed by atoms with E-state index < -0.39 is 18.5 Å². The van der Waals surface area contributed by atoms with E-state index in [0.29, 0.717) is 13.1 Å². The zero-order valence-electron chi connectivity index (χ0n) is 8.29.